The molecule has 2 heterocycles. The Bertz CT molecular complexity index is 647. The minimum absolute atomic E-state index is 0.214. The number of aliphatic hydroxyl groups is 1. The summed E-state index contributed by atoms with van der Waals surface area (Å²) in [5.41, 5.74) is 3.65. The Labute approximate surface area is 118 Å². The number of hydrogen-bond donors (Lipinski definition) is 1. The Balaban J connectivity index is 2.26. The van der Waals surface area contributed by atoms with Crippen molar-refractivity contribution in [3.05, 3.63) is 45.8 Å². The van der Waals surface area contributed by atoms with Gasteiger partial charge in [-0.25, -0.2) is 4.39 Å². The first kappa shape index (κ1) is 12.7. The molecule has 0 radical (unpaired) electrons. The summed E-state index contributed by atoms with van der Waals surface area (Å²) in [5.74, 6) is 0. The van der Waals surface area contributed by atoms with E-state index in [1.165, 1.54) is 0 Å². The van der Waals surface area contributed by atoms with Crippen LogP contribution in [0.4, 0.5) is 4.39 Å². The van der Waals surface area contributed by atoms with Crippen LogP contribution in [0.5, 0.6) is 0 Å². The number of hydrogen-bond acceptors (Lipinski definition) is 3. The van der Waals surface area contributed by atoms with Crippen molar-refractivity contribution in [1.82, 2.24) is 9.97 Å². The van der Waals surface area contributed by atoms with Crippen molar-refractivity contribution < 1.29 is 9.50 Å². The van der Waals surface area contributed by atoms with E-state index in [2.05, 4.69) is 25.9 Å². The molecule has 0 spiro atoms. The van der Waals surface area contributed by atoms with Gasteiger partial charge in [-0.3, -0.25) is 9.97 Å². The lowest BCUT2D eigenvalue weighted by atomic mass is 10.0. The van der Waals surface area contributed by atoms with Gasteiger partial charge >= 0.3 is 0 Å². The zero-order chi connectivity index (χ0) is 13.6. The molecule has 0 saturated heterocycles. The van der Waals surface area contributed by atoms with E-state index in [1.807, 2.05) is 19.1 Å². The molecule has 0 aromatic carbocycles. The van der Waals surface area contributed by atoms with Gasteiger partial charge in [-0.2, -0.15) is 0 Å². The maximum atomic E-state index is 13.8. The number of rotatable bonds is 1. The highest BCUT2D eigenvalue weighted by Gasteiger charge is 2.35. The maximum Gasteiger partial charge on any atom is 0.134 e. The lowest BCUT2D eigenvalue weighted by Crippen LogP contribution is -2.07. The van der Waals surface area contributed by atoms with Crippen LogP contribution in [0.15, 0.2) is 29.0 Å². The molecule has 0 amide bonds. The molecule has 5 heteroatoms. The summed E-state index contributed by atoms with van der Waals surface area (Å²) in [6.45, 7) is 1.87. The number of fused-ring (bicyclic) bond motifs is 1. The fourth-order valence-electron chi connectivity index (χ4n) is 2.50. The summed E-state index contributed by atoms with van der Waals surface area (Å²) in [7, 11) is 0. The molecule has 2 aromatic rings. The van der Waals surface area contributed by atoms with Crippen molar-refractivity contribution in [3.8, 4) is 11.3 Å². The van der Waals surface area contributed by atoms with Crippen LogP contribution >= 0.6 is 15.9 Å². The lowest BCUT2D eigenvalue weighted by Gasteiger charge is -2.13. The fraction of sp³-hybridized carbons (Fsp3) is 0.286. The van der Waals surface area contributed by atoms with Gasteiger partial charge in [0.05, 0.1) is 5.69 Å². The van der Waals surface area contributed by atoms with Gasteiger partial charge in [-0.15, -0.1) is 0 Å². The van der Waals surface area contributed by atoms with Gasteiger partial charge in [0.1, 0.15) is 12.3 Å². The summed E-state index contributed by atoms with van der Waals surface area (Å²) in [6.07, 6.45) is 1.18. The zero-order valence-electron chi connectivity index (χ0n) is 10.3. The second-order valence-corrected chi connectivity index (χ2v) is 5.50. The molecule has 0 aliphatic heterocycles. The summed E-state index contributed by atoms with van der Waals surface area (Å²) < 4.78 is 14.5. The number of pyridine rings is 2. The largest absolute Gasteiger partial charge is 0.385 e. The van der Waals surface area contributed by atoms with Crippen molar-refractivity contribution in [3.63, 3.8) is 0 Å². The third-order valence-electron chi connectivity index (χ3n) is 3.48. The van der Waals surface area contributed by atoms with E-state index in [0.29, 0.717) is 11.3 Å². The average molecular weight is 323 g/mol. The minimum atomic E-state index is -1.27. The van der Waals surface area contributed by atoms with E-state index in [-0.39, 0.29) is 6.42 Å². The van der Waals surface area contributed by atoms with Crippen LogP contribution in [0.25, 0.3) is 11.3 Å². The molecule has 19 heavy (non-hydrogen) atoms. The van der Waals surface area contributed by atoms with Crippen molar-refractivity contribution in [2.24, 2.45) is 0 Å². The zero-order valence-corrected chi connectivity index (χ0v) is 11.9. The Morgan fingerprint density at radius 2 is 2.21 bits per heavy atom. The first-order chi connectivity index (χ1) is 9.09. The van der Waals surface area contributed by atoms with E-state index in [0.717, 1.165) is 21.3 Å². The maximum absolute atomic E-state index is 13.8. The smallest absolute Gasteiger partial charge is 0.134 e. The Morgan fingerprint density at radius 1 is 1.42 bits per heavy atom. The third kappa shape index (κ3) is 1.97. The number of aromatic nitrogens is 2. The van der Waals surface area contributed by atoms with Crippen molar-refractivity contribution in [1.29, 1.82) is 0 Å². The molecular formula is C14H12BrFN2O. The molecule has 1 aliphatic carbocycles. The second kappa shape index (κ2) is 4.65. The average Bonchev–Trinajstić information content (AvgIpc) is 2.69. The van der Waals surface area contributed by atoms with Crippen LogP contribution < -0.4 is 0 Å². The molecule has 2 aromatic heterocycles. The predicted octanol–water partition coefficient (Wildman–Crippen LogP) is 3.14. The standard InChI is InChI=1S/C14H12BrFN2O/c1-7-8(3-2-4-17-7)13-12-9(10(15)6-18-13)5-11(16)14(12)19/h2-4,6,11,14,19H,5H2,1H3/t11-,14-/m1/s1. The molecule has 1 N–H and O–H groups in total. The molecule has 98 valence electrons. The summed E-state index contributed by atoms with van der Waals surface area (Å²) >= 11 is 3.37. The topological polar surface area (TPSA) is 46.0 Å². The van der Waals surface area contributed by atoms with Crippen LogP contribution in [-0.2, 0) is 6.42 Å². The van der Waals surface area contributed by atoms with E-state index in [1.54, 1.807) is 12.4 Å². The van der Waals surface area contributed by atoms with Gasteiger partial charge in [0.25, 0.3) is 0 Å². The van der Waals surface area contributed by atoms with E-state index in [9.17, 15) is 9.50 Å². The third-order valence-corrected chi connectivity index (χ3v) is 4.16. The quantitative estimate of drug-likeness (QED) is 0.877. The van der Waals surface area contributed by atoms with Gasteiger partial charge in [0, 0.05) is 40.1 Å². The van der Waals surface area contributed by atoms with Crippen molar-refractivity contribution in [2.45, 2.75) is 25.6 Å². The molecule has 3 nitrogen and oxygen atoms in total. The number of nitrogens with zero attached hydrogens (tertiary/aromatic N) is 2. The van der Waals surface area contributed by atoms with Crippen molar-refractivity contribution >= 4 is 15.9 Å². The minimum Gasteiger partial charge on any atom is -0.385 e. The molecule has 0 saturated carbocycles. The van der Waals surface area contributed by atoms with E-state index < -0.39 is 12.3 Å². The summed E-state index contributed by atoms with van der Waals surface area (Å²) in [6, 6.07) is 3.70. The molecule has 0 fully saturated rings. The van der Waals surface area contributed by atoms with Crippen LogP contribution in [0.3, 0.4) is 0 Å². The Kier molecular flexibility index (Phi) is 3.11. The molecular weight excluding hydrogens is 311 g/mol. The lowest BCUT2D eigenvalue weighted by molar-refractivity contribution is 0.0928. The number of alkyl halides is 1. The number of aliphatic hydroxyl groups excluding tert-OH is 1. The molecule has 0 unspecified atom stereocenters. The molecule has 0 bridgehead atoms. The van der Waals surface area contributed by atoms with Crippen LogP contribution in [-0.4, -0.2) is 21.2 Å². The highest BCUT2D eigenvalue weighted by molar-refractivity contribution is 9.10. The van der Waals surface area contributed by atoms with E-state index in [4.69, 9.17) is 0 Å². The monoisotopic (exact) mass is 322 g/mol. The fourth-order valence-corrected chi connectivity index (χ4v) is 2.98. The molecule has 1 aliphatic rings. The molecule has 3 rings (SSSR count). The second-order valence-electron chi connectivity index (χ2n) is 4.65. The predicted molar refractivity (Wildman–Crippen MR) is 73.5 cm³/mol. The SMILES string of the molecule is Cc1ncccc1-c1ncc(Br)c2c1[C@H](O)[C@H](F)C2. The normalized spacial score (nSPS) is 21.5. The van der Waals surface area contributed by atoms with Gasteiger partial charge in [-0.1, -0.05) is 0 Å². The van der Waals surface area contributed by atoms with Crippen LogP contribution in [0, 0.1) is 6.92 Å². The number of aryl methyl sites for hydroxylation is 1. The Hall–Kier alpha value is -1.33. The van der Waals surface area contributed by atoms with Gasteiger partial charge in [-0.05, 0) is 40.5 Å². The Morgan fingerprint density at radius 3 is 2.95 bits per heavy atom. The highest BCUT2D eigenvalue weighted by atomic mass is 79.9. The first-order valence-corrected chi connectivity index (χ1v) is 6.80. The number of halogens is 2. The highest BCUT2D eigenvalue weighted by Crippen LogP contribution is 2.42. The first-order valence-electron chi connectivity index (χ1n) is 6.01. The van der Waals surface area contributed by atoms with Gasteiger partial charge < -0.3 is 5.11 Å². The van der Waals surface area contributed by atoms with Gasteiger partial charge in [0.15, 0.2) is 0 Å². The van der Waals surface area contributed by atoms with Gasteiger partial charge in [0.2, 0.25) is 0 Å². The van der Waals surface area contributed by atoms with E-state index >= 15 is 0 Å². The van der Waals surface area contributed by atoms with Crippen molar-refractivity contribution in [2.75, 3.05) is 0 Å². The van der Waals surface area contributed by atoms with Crippen LogP contribution in [0.1, 0.15) is 22.9 Å². The van der Waals surface area contributed by atoms with Crippen LogP contribution in [0.2, 0.25) is 0 Å². The summed E-state index contributed by atoms with van der Waals surface area (Å²) in [4.78, 5) is 8.57. The summed E-state index contributed by atoms with van der Waals surface area (Å²) in [5, 5.41) is 10.1. The molecule has 2 atom stereocenters.